The zero-order chi connectivity index (χ0) is 12.5. The van der Waals surface area contributed by atoms with Gasteiger partial charge in [-0.25, -0.2) is 0 Å². The molecule has 0 fully saturated rings. The molecule has 0 aliphatic carbocycles. The van der Waals surface area contributed by atoms with Crippen LogP contribution >= 0.6 is 11.8 Å². The van der Waals surface area contributed by atoms with E-state index in [9.17, 15) is 0 Å². The third kappa shape index (κ3) is 6.13. The average molecular weight is 251 g/mol. The maximum absolute atomic E-state index is 3.59. The first-order valence-corrected chi connectivity index (χ1v) is 7.92. The van der Waals surface area contributed by atoms with Crippen LogP contribution in [0.5, 0.6) is 0 Å². The molecule has 17 heavy (non-hydrogen) atoms. The van der Waals surface area contributed by atoms with Gasteiger partial charge in [-0.3, -0.25) is 0 Å². The van der Waals surface area contributed by atoms with Gasteiger partial charge < -0.3 is 5.32 Å². The Bertz CT molecular complexity index is 294. The van der Waals surface area contributed by atoms with Gasteiger partial charge in [0.15, 0.2) is 0 Å². The summed E-state index contributed by atoms with van der Waals surface area (Å²) in [6.45, 7) is 5.50. The molecular weight excluding hydrogens is 226 g/mol. The van der Waals surface area contributed by atoms with Gasteiger partial charge >= 0.3 is 0 Å². The van der Waals surface area contributed by atoms with E-state index in [4.69, 9.17) is 0 Å². The van der Waals surface area contributed by atoms with Crippen LogP contribution in [0.25, 0.3) is 0 Å². The minimum absolute atomic E-state index is 0.469. The fraction of sp³-hybridized carbons (Fsp3) is 0.600. The molecule has 1 rings (SSSR count). The van der Waals surface area contributed by atoms with Crippen molar-refractivity contribution in [2.75, 3.05) is 18.6 Å². The predicted molar refractivity (Wildman–Crippen MR) is 79.8 cm³/mol. The van der Waals surface area contributed by atoms with Gasteiger partial charge in [0, 0.05) is 6.04 Å². The highest BCUT2D eigenvalue weighted by Gasteiger charge is 2.03. The lowest BCUT2D eigenvalue weighted by Gasteiger charge is -2.14. The molecule has 96 valence electrons. The van der Waals surface area contributed by atoms with Crippen molar-refractivity contribution in [2.45, 2.75) is 39.2 Å². The molecule has 1 nitrogen and oxygen atoms in total. The van der Waals surface area contributed by atoms with Crippen LogP contribution in [0.2, 0.25) is 0 Å². The molecule has 0 saturated carbocycles. The van der Waals surface area contributed by atoms with Crippen LogP contribution in [0.3, 0.4) is 0 Å². The molecule has 0 radical (unpaired) electrons. The van der Waals surface area contributed by atoms with E-state index in [0.29, 0.717) is 6.04 Å². The topological polar surface area (TPSA) is 12.0 Å². The lowest BCUT2D eigenvalue weighted by atomic mass is 10.1. The summed E-state index contributed by atoms with van der Waals surface area (Å²) in [5.74, 6) is 1.30. The molecular formula is C15H25NS. The van der Waals surface area contributed by atoms with Gasteiger partial charge in [-0.2, -0.15) is 11.8 Å². The number of aryl methyl sites for hydroxylation is 1. The molecule has 1 N–H and O–H groups in total. The Hall–Kier alpha value is -0.470. The van der Waals surface area contributed by atoms with Crippen LogP contribution in [-0.2, 0) is 0 Å². The third-order valence-electron chi connectivity index (χ3n) is 3.05. The molecule has 0 heterocycles. The summed E-state index contributed by atoms with van der Waals surface area (Å²) in [6, 6.07) is 9.29. The molecule has 0 saturated heterocycles. The molecule has 2 heteroatoms. The Balaban J connectivity index is 2.16. The van der Waals surface area contributed by atoms with Crippen LogP contribution in [-0.4, -0.2) is 18.6 Å². The molecule has 0 spiro atoms. The van der Waals surface area contributed by atoms with Crippen molar-refractivity contribution in [3.05, 3.63) is 35.4 Å². The van der Waals surface area contributed by atoms with Crippen molar-refractivity contribution >= 4 is 11.8 Å². The molecule has 0 aliphatic heterocycles. The Morgan fingerprint density at radius 2 is 1.82 bits per heavy atom. The standard InChI is InChI=1S/C15H25NS/c1-13-7-9-15(10-8-13)14(2)16-11-5-4-6-12-17-3/h7-10,14,16H,4-6,11-12H2,1-3H3. The third-order valence-corrected chi connectivity index (χ3v) is 3.75. The van der Waals surface area contributed by atoms with Crippen molar-refractivity contribution in [3.63, 3.8) is 0 Å². The number of benzene rings is 1. The van der Waals surface area contributed by atoms with Crippen molar-refractivity contribution in [3.8, 4) is 0 Å². The summed E-state index contributed by atoms with van der Waals surface area (Å²) in [5.41, 5.74) is 2.72. The van der Waals surface area contributed by atoms with E-state index in [1.165, 1.54) is 36.1 Å². The Morgan fingerprint density at radius 3 is 2.47 bits per heavy atom. The van der Waals surface area contributed by atoms with Gasteiger partial charge in [0.05, 0.1) is 0 Å². The molecule has 0 amide bonds. The van der Waals surface area contributed by atoms with Gasteiger partial charge in [0.2, 0.25) is 0 Å². The zero-order valence-corrected chi connectivity index (χ0v) is 12.1. The second-order valence-corrected chi connectivity index (χ2v) is 5.63. The van der Waals surface area contributed by atoms with Crippen LogP contribution in [0.4, 0.5) is 0 Å². The highest BCUT2D eigenvalue weighted by molar-refractivity contribution is 7.98. The normalized spacial score (nSPS) is 12.6. The van der Waals surface area contributed by atoms with Gasteiger partial charge in [-0.1, -0.05) is 36.2 Å². The predicted octanol–water partition coefficient (Wildman–Crippen LogP) is 4.18. The van der Waals surface area contributed by atoms with Gasteiger partial charge in [0.1, 0.15) is 0 Å². The quantitative estimate of drug-likeness (QED) is 0.696. The summed E-state index contributed by atoms with van der Waals surface area (Å²) >= 11 is 1.94. The molecule has 1 atom stereocenters. The van der Waals surface area contributed by atoms with E-state index in [2.05, 4.69) is 49.7 Å². The lowest BCUT2D eigenvalue weighted by molar-refractivity contribution is 0.544. The van der Waals surface area contributed by atoms with Crippen molar-refractivity contribution in [2.24, 2.45) is 0 Å². The summed E-state index contributed by atoms with van der Waals surface area (Å²) < 4.78 is 0. The number of unbranched alkanes of at least 4 members (excludes halogenated alkanes) is 2. The largest absolute Gasteiger partial charge is 0.310 e. The van der Waals surface area contributed by atoms with Crippen LogP contribution < -0.4 is 5.32 Å². The highest BCUT2D eigenvalue weighted by atomic mass is 32.2. The minimum atomic E-state index is 0.469. The van der Waals surface area contributed by atoms with E-state index in [1.807, 2.05) is 11.8 Å². The van der Waals surface area contributed by atoms with E-state index in [-0.39, 0.29) is 0 Å². The van der Waals surface area contributed by atoms with Crippen LogP contribution in [0.1, 0.15) is 43.4 Å². The lowest BCUT2D eigenvalue weighted by Crippen LogP contribution is -2.19. The first-order valence-electron chi connectivity index (χ1n) is 6.53. The van der Waals surface area contributed by atoms with Gasteiger partial charge in [-0.05, 0) is 50.8 Å². The molecule has 1 aromatic carbocycles. The number of thioether (sulfide) groups is 1. The smallest absolute Gasteiger partial charge is 0.0291 e. The first-order chi connectivity index (χ1) is 8.24. The fourth-order valence-corrected chi connectivity index (χ4v) is 2.33. The molecule has 1 unspecified atom stereocenters. The van der Waals surface area contributed by atoms with Crippen LogP contribution in [0.15, 0.2) is 24.3 Å². The second kappa shape index (κ2) is 8.60. The molecule has 1 aromatic rings. The van der Waals surface area contributed by atoms with E-state index in [0.717, 1.165) is 6.54 Å². The summed E-state index contributed by atoms with van der Waals surface area (Å²) in [5, 5.41) is 3.59. The van der Waals surface area contributed by atoms with Crippen molar-refractivity contribution in [1.29, 1.82) is 0 Å². The first kappa shape index (κ1) is 14.6. The summed E-state index contributed by atoms with van der Waals surface area (Å²) in [6.07, 6.45) is 6.16. The Kier molecular flexibility index (Phi) is 7.38. The molecule has 0 bridgehead atoms. The zero-order valence-electron chi connectivity index (χ0n) is 11.3. The van der Waals surface area contributed by atoms with Gasteiger partial charge in [0.25, 0.3) is 0 Å². The number of rotatable bonds is 8. The highest BCUT2D eigenvalue weighted by Crippen LogP contribution is 2.13. The number of nitrogens with one attached hydrogen (secondary N) is 1. The second-order valence-electron chi connectivity index (χ2n) is 4.64. The average Bonchev–Trinajstić information content (AvgIpc) is 2.34. The van der Waals surface area contributed by atoms with Gasteiger partial charge in [-0.15, -0.1) is 0 Å². The maximum Gasteiger partial charge on any atom is 0.0291 e. The van der Waals surface area contributed by atoms with E-state index >= 15 is 0 Å². The van der Waals surface area contributed by atoms with E-state index < -0.39 is 0 Å². The minimum Gasteiger partial charge on any atom is -0.310 e. The SMILES string of the molecule is CSCCCCCNC(C)c1ccc(C)cc1. The Labute approximate surface area is 110 Å². The van der Waals surface area contributed by atoms with Crippen LogP contribution in [0, 0.1) is 6.92 Å². The monoisotopic (exact) mass is 251 g/mol. The maximum atomic E-state index is 3.59. The molecule has 0 aromatic heterocycles. The fourth-order valence-electron chi connectivity index (χ4n) is 1.84. The summed E-state index contributed by atoms with van der Waals surface area (Å²) in [7, 11) is 0. The molecule has 0 aliphatic rings. The summed E-state index contributed by atoms with van der Waals surface area (Å²) in [4.78, 5) is 0. The number of hydrogen-bond donors (Lipinski definition) is 1. The van der Waals surface area contributed by atoms with Crippen molar-refractivity contribution < 1.29 is 0 Å². The number of hydrogen-bond acceptors (Lipinski definition) is 2. The Morgan fingerprint density at radius 1 is 1.12 bits per heavy atom. The van der Waals surface area contributed by atoms with E-state index in [1.54, 1.807) is 0 Å². The van der Waals surface area contributed by atoms with Crippen molar-refractivity contribution in [1.82, 2.24) is 5.32 Å².